The smallest absolute Gasteiger partial charge is 0.180 e. The zero-order valence-electron chi connectivity index (χ0n) is 22.6. The molecule has 0 saturated heterocycles. The van der Waals surface area contributed by atoms with Gasteiger partial charge in [0.25, 0.3) is 0 Å². The number of nitrogens with one attached hydrogen (secondary N) is 1. The Labute approximate surface area is 225 Å². The molecule has 1 N–H and O–H groups in total. The van der Waals surface area contributed by atoms with Crippen molar-refractivity contribution in [1.82, 2.24) is 35.1 Å². The van der Waals surface area contributed by atoms with Crippen molar-refractivity contribution < 1.29 is 0 Å². The lowest BCUT2D eigenvalue weighted by molar-refractivity contribution is 0.234. The maximum absolute atomic E-state index is 5.26. The van der Waals surface area contributed by atoms with Gasteiger partial charge in [-0.3, -0.25) is 4.90 Å². The maximum atomic E-state index is 5.26. The zero-order valence-corrected chi connectivity index (χ0v) is 22.6. The summed E-state index contributed by atoms with van der Waals surface area (Å²) in [5.74, 6) is 4.02. The first kappa shape index (κ1) is 24.8. The fourth-order valence-corrected chi connectivity index (χ4v) is 5.64. The van der Waals surface area contributed by atoms with Crippen molar-refractivity contribution in [2.45, 2.75) is 65.5 Å². The summed E-state index contributed by atoms with van der Waals surface area (Å²) < 4.78 is 2.52. The van der Waals surface area contributed by atoms with Gasteiger partial charge in [-0.25, -0.2) is 10.1 Å². The number of anilines is 1. The predicted molar refractivity (Wildman–Crippen MR) is 151 cm³/mol. The molecule has 198 valence electrons. The molecule has 4 aromatic rings. The molecular weight excluding hydrogens is 472 g/mol. The molecule has 1 saturated carbocycles. The van der Waals surface area contributed by atoms with Crippen LogP contribution in [0.3, 0.4) is 0 Å². The number of hydrogen-bond acceptors (Lipinski definition) is 6. The van der Waals surface area contributed by atoms with Gasteiger partial charge in [0.2, 0.25) is 0 Å². The van der Waals surface area contributed by atoms with Crippen molar-refractivity contribution in [2.24, 2.45) is 5.92 Å². The van der Waals surface area contributed by atoms with Gasteiger partial charge < -0.3 is 9.47 Å². The van der Waals surface area contributed by atoms with Crippen LogP contribution in [-0.2, 0) is 19.5 Å². The average Bonchev–Trinajstić information content (AvgIpc) is 3.45. The van der Waals surface area contributed by atoms with Crippen LogP contribution in [0.4, 0.5) is 5.82 Å². The minimum Gasteiger partial charge on any atom is -0.342 e. The van der Waals surface area contributed by atoms with Gasteiger partial charge in [0, 0.05) is 38.2 Å². The molecule has 0 spiro atoms. The minimum absolute atomic E-state index is 0.683. The molecule has 2 aliphatic rings. The largest absolute Gasteiger partial charge is 0.342 e. The Bertz CT molecular complexity index is 1340. The first-order valence-corrected chi connectivity index (χ1v) is 14.2. The van der Waals surface area contributed by atoms with E-state index in [0.29, 0.717) is 5.82 Å². The molecule has 6 rings (SSSR count). The topological polar surface area (TPSA) is 78.8 Å². The predicted octanol–water partition coefficient (Wildman–Crippen LogP) is 5.52. The molecule has 1 aliphatic carbocycles. The van der Waals surface area contributed by atoms with E-state index in [4.69, 9.17) is 4.98 Å². The number of aryl methyl sites for hydroxylation is 1. The van der Waals surface area contributed by atoms with Crippen LogP contribution in [0.15, 0.2) is 48.5 Å². The molecule has 0 amide bonds. The van der Waals surface area contributed by atoms with E-state index < -0.39 is 0 Å². The highest BCUT2D eigenvalue weighted by molar-refractivity contribution is 5.80. The highest BCUT2D eigenvalue weighted by Crippen LogP contribution is 2.35. The van der Waals surface area contributed by atoms with Gasteiger partial charge in [-0.2, -0.15) is 0 Å². The zero-order chi connectivity index (χ0) is 25.9. The van der Waals surface area contributed by atoms with Gasteiger partial charge in [-0.1, -0.05) is 68.8 Å². The molecular formula is C30H38N8. The number of unbranched alkanes of at least 4 members (excludes halogenated alkanes) is 1. The fourth-order valence-electron chi connectivity index (χ4n) is 5.64. The molecule has 8 nitrogen and oxygen atoms in total. The second-order valence-electron chi connectivity index (χ2n) is 10.8. The lowest BCUT2D eigenvalue weighted by Gasteiger charge is -2.36. The molecule has 0 atom stereocenters. The van der Waals surface area contributed by atoms with Crippen molar-refractivity contribution in [3.63, 3.8) is 0 Å². The summed E-state index contributed by atoms with van der Waals surface area (Å²) >= 11 is 0. The molecule has 0 radical (unpaired) electrons. The number of nitrogens with zero attached hydrogens (tertiary/aromatic N) is 7. The van der Waals surface area contributed by atoms with Crippen molar-refractivity contribution >= 4 is 5.82 Å². The van der Waals surface area contributed by atoms with Crippen LogP contribution in [0, 0.1) is 5.92 Å². The number of H-pyrrole nitrogens is 1. The van der Waals surface area contributed by atoms with E-state index in [9.17, 15) is 0 Å². The van der Waals surface area contributed by atoms with E-state index in [-0.39, 0.29) is 0 Å². The van der Waals surface area contributed by atoms with Gasteiger partial charge in [0.1, 0.15) is 5.82 Å². The number of fused-ring (bicyclic) bond motifs is 1. The van der Waals surface area contributed by atoms with Crippen LogP contribution >= 0.6 is 0 Å². The van der Waals surface area contributed by atoms with Gasteiger partial charge >= 0.3 is 0 Å². The number of aromatic amines is 1. The number of benzene rings is 2. The normalized spacial score (nSPS) is 15.7. The van der Waals surface area contributed by atoms with E-state index in [1.165, 1.54) is 55.1 Å². The van der Waals surface area contributed by atoms with Crippen LogP contribution < -0.4 is 4.90 Å². The number of imidazole rings is 1. The molecule has 1 aliphatic heterocycles. The molecule has 2 aromatic heterocycles. The van der Waals surface area contributed by atoms with Crippen molar-refractivity contribution in [1.29, 1.82) is 0 Å². The lowest BCUT2D eigenvalue weighted by atomic mass is 9.98. The quantitative estimate of drug-likeness (QED) is 0.286. The molecule has 8 heteroatoms. The average molecular weight is 511 g/mol. The van der Waals surface area contributed by atoms with E-state index in [2.05, 4.69) is 91.3 Å². The highest BCUT2D eigenvalue weighted by Gasteiger charge is 2.32. The Morgan fingerprint density at radius 3 is 2.50 bits per heavy atom. The summed E-state index contributed by atoms with van der Waals surface area (Å²) in [6.45, 7) is 9.68. The third-order valence-corrected chi connectivity index (χ3v) is 7.77. The minimum atomic E-state index is 0.683. The molecule has 38 heavy (non-hydrogen) atoms. The van der Waals surface area contributed by atoms with Gasteiger partial charge in [-0.15, -0.1) is 5.10 Å². The van der Waals surface area contributed by atoms with Crippen molar-refractivity contribution in [2.75, 3.05) is 24.7 Å². The van der Waals surface area contributed by atoms with Crippen LogP contribution in [0.1, 0.15) is 63.0 Å². The summed E-state index contributed by atoms with van der Waals surface area (Å²) in [5.41, 5.74) is 5.97. The fraction of sp³-hybridized carbons (Fsp3) is 0.467. The number of aromatic nitrogens is 6. The van der Waals surface area contributed by atoms with E-state index in [0.717, 1.165) is 61.8 Å². The SMILES string of the molecule is CCCCc1nc2c(n1Cc1ccc(-c3ccccc3-c3nnn[nH]3)cc1)CN(CC1CC1)CN2CCC. The van der Waals surface area contributed by atoms with Crippen LogP contribution in [-0.4, -0.2) is 54.8 Å². The second kappa shape index (κ2) is 11.1. The van der Waals surface area contributed by atoms with E-state index in [1.807, 2.05) is 6.07 Å². The Morgan fingerprint density at radius 2 is 1.79 bits per heavy atom. The summed E-state index contributed by atoms with van der Waals surface area (Å²) in [7, 11) is 0. The number of hydrogen-bond donors (Lipinski definition) is 1. The molecule has 2 aromatic carbocycles. The Hall–Kier alpha value is -3.52. The van der Waals surface area contributed by atoms with Crippen molar-refractivity contribution in [3.05, 3.63) is 65.6 Å². The van der Waals surface area contributed by atoms with Crippen LogP contribution in [0.25, 0.3) is 22.5 Å². The first-order chi connectivity index (χ1) is 18.7. The van der Waals surface area contributed by atoms with Gasteiger partial charge in [0.15, 0.2) is 11.6 Å². The van der Waals surface area contributed by atoms with Crippen LogP contribution in [0.2, 0.25) is 0 Å². The first-order valence-electron chi connectivity index (χ1n) is 14.2. The maximum Gasteiger partial charge on any atom is 0.180 e. The number of tetrazole rings is 1. The third-order valence-electron chi connectivity index (χ3n) is 7.77. The lowest BCUT2D eigenvalue weighted by Crippen LogP contribution is -2.44. The molecule has 3 heterocycles. The number of rotatable bonds is 11. The summed E-state index contributed by atoms with van der Waals surface area (Å²) in [4.78, 5) is 10.4. The van der Waals surface area contributed by atoms with E-state index >= 15 is 0 Å². The third kappa shape index (κ3) is 5.23. The highest BCUT2D eigenvalue weighted by atomic mass is 15.5. The monoisotopic (exact) mass is 510 g/mol. The molecule has 0 unspecified atom stereocenters. The van der Waals surface area contributed by atoms with Crippen LogP contribution in [0.5, 0.6) is 0 Å². The van der Waals surface area contributed by atoms with Crippen molar-refractivity contribution in [3.8, 4) is 22.5 Å². The summed E-state index contributed by atoms with van der Waals surface area (Å²) in [6.07, 6.45) is 7.30. The Balaban J connectivity index is 1.30. The molecule has 1 fully saturated rings. The second-order valence-corrected chi connectivity index (χ2v) is 10.8. The van der Waals surface area contributed by atoms with Gasteiger partial charge in [0.05, 0.1) is 12.4 Å². The van der Waals surface area contributed by atoms with E-state index in [1.54, 1.807) is 0 Å². The Morgan fingerprint density at radius 1 is 0.974 bits per heavy atom. The summed E-state index contributed by atoms with van der Waals surface area (Å²) in [5, 5.41) is 14.5. The molecule has 0 bridgehead atoms. The standard InChI is InChI=1S/C30H38N8/c1-3-5-10-28-31-30-27(20-36(18-22-11-12-22)21-37(30)17-4-2)38(28)19-23-13-15-24(16-14-23)25-8-6-7-9-26(25)29-32-34-35-33-29/h6-9,13-16,22H,3-5,10-12,17-21H2,1-2H3,(H,32,33,34,35). The van der Waals surface area contributed by atoms with Gasteiger partial charge in [-0.05, 0) is 58.7 Å². The Kier molecular flexibility index (Phi) is 7.22. The summed E-state index contributed by atoms with van der Waals surface area (Å²) in [6, 6.07) is 17.2.